The van der Waals surface area contributed by atoms with E-state index >= 15 is 0 Å². The summed E-state index contributed by atoms with van der Waals surface area (Å²) in [6, 6.07) is 14.4. The molecule has 5 N–H and O–H groups in total. The Hall–Kier alpha value is -3.76. The number of pyridine rings is 1. The summed E-state index contributed by atoms with van der Waals surface area (Å²) >= 11 is 0. The second kappa shape index (κ2) is 7.37. The molecule has 2 aliphatic heterocycles. The van der Waals surface area contributed by atoms with Crippen molar-refractivity contribution in [2.24, 2.45) is 11.5 Å². The average Bonchev–Trinajstić information content (AvgIpc) is 3.33. The fourth-order valence-electron chi connectivity index (χ4n) is 4.18. The highest BCUT2D eigenvalue weighted by atomic mass is 19.3. The summed E-state index contributed by atoms with van der Waals surface area (Å²) in [4.78, 5) is 17.0. The number of fused-ring (bicyclic) bond motifs is 2. The first-order valence-electron chi connectivity index (χ1n) is 10.4. The van der Waals surface area contributed by atoms with Crippen molar-refractivity contribution in [2.75, 3.05) is 13.2 Å². The quantitative estimate of drug-likeness (QED) is 0.523. The Bertz CT molecular complexity index is 1300. The van der Waals surface area contributed by atoms with Crippen LogP contribution in [-0.2, 0) is 15.8 Å². The van der Waals surface area contributed by atoms with Crippen molar-refractivity contribution in [1.82, 2.24) is 4.98 Å². The molecule has 3 aromatic rings. The monoisotopic (exact) mass is 469 g/mol. The van der Waals surface area contributed by atoms with Crippen LogP contribution in [0.15, 0.2) is 54.6 Å². The summed E-state index contributed by atoms with van der Waals surface area (Å²) in [5.74, 6) is -0.692. The summed E-state index contributed by atoms with van der Waals surface area (Å²) in [6.45, 7) is 1.35. The number of amides is 1. The molecule has 2 aliphatic rings. The van der Waals surface area contributed by atoms with E-state index in [0.29, 0.717) is 16.7 Å². The first-order chi connectivity index (χ1) is 16.1. The van der Waals surface area contributed by atoms with Crippen LogP contribution < -0.4 is 25.7 Å². The van der Waals surface area contributed by atoms with E-state index in [-0.39, 0.29) is 41.8 Å². The third-order valence-corrected chi connectivity index (χ3v) is 6.26. The zero-order valence-electron chi connectivity index (χ0n) is 18.0. The number of ether oxygens (including phenoxy) is 3. The van der Waals surface area contributed by atoms with Crippen molar-refractivity contribution < 1.29 is 32.9 Å². The Morgan fingerprint density at radius 2 is 1.85 bits per heavy atom. The second-order valence-corrected chi connectivity index (χ2v) is 8.48. The standard InChI is InChI=1S/C24H21F2N3O5/c1-22(21(28)30)12-32-20-15(22)10-18(23(31,11-27)14-5-3-2-4-6-14)29-19(20)13-7-8-16-17(9-13)34-24(25,26)33-16/h2-10,31H,11-12,27H2,1H3,(H2,28,30)/t22-,23+/m0/s1. The van der Waals surface area contributed by atoms with Crippen LogP contribution in [-0.4, -0.2) is 35.4 Å². The van der Waals surface area contributed by atoms with Crippen LogP contribution in [0.3, 0.4) is 0 Å². The maximum absolute atomic E-state index is 13.6. The molecule has 10 heteroatoms. The zero-order valence-corrected chi connectivity index (χ0v) is 18.0. The number of nitrogens with two attached hydrogens (primary N) is 2. The van der Waals surface area contributed by atoms with Crippen molar-refractivity contribution in [1.29, 1.82) is 0 Å². The highest BCUT2D eigenvalue weighted by molar-refractivity contribution is 5.90. The van der Waals surface area contributed by atoms with Crippen LogP contribution in [0.25, 0.3) is 11.3 Å². The first-order valence-corrected chi connectivity index (χ1v) is 10.4. The van der Waals surface area contributed by atoms with Gasteiger partial charge in [0.1, 0.15) is 29.1 Å². The van der Waals surface area contributed by atoms with Gasteiger partial charge < -0.3 is 30.8 Å². The van der Waals surface area contributed by atoms with E-state index in [2.05, 4.69) is 14.5 Å². The smallest absolute Gasteiger partial charge is 0.489 e. The molecule has 34 heavy (non-hydrogen) atoms. The molecule has 0 spiro atoms. The van der Waals surface area contributed by atoms with Gasteiger partial charge in [-0.15, -0.1) is 8.78 Å². The van der Waals surface area contributed by atoms with Gasteiger partial charge in [0.05, 0.1) is 5.69 Å². The number of rotatable bonds is 5. The van der Waals surface area contributed by atoms with Crippen molar-refractivity contribution in [3.05, 3.63) is 71.4 Å². The molecule has 0 saturated heterocycles. The van der Waals surface area contributed by atoms with E-state index in [9.17, 15) is 18.7 Å². The number of carbonyl (C=O) groups excluding carboxylic acids is 1. The summed E-state index contributed by atoms with van der Waals surface area (Å²) in [6.07, 6.45) is -3.79. The topological polar surface area (TPSA) is 130 Å². The van der Waals surface area contributed by atoms with Gasteiger partial charge >= 0.3 is 6.29 Å². The lowest BCUT2D eigenvalue weighted by Crippen LogP contribution is -2.41. The van der Waals surface area contributed by atoms with Crippen molar-refractivity contribution in [3.8, 4) is 28.5 Å². The molecular weight excluding hydrogens is 448 g/mol. The Labute approximate surface area is 193 Å². The predicted octanol–water partition coefficient (Wildman–Crippen LogP) is 2.40. The zero-order chi connectivity index (χ0) is 24.3. The third-order valence-electron chi connectivity index (χ3n) is 6.26. The van der Waals surface area contributed by atoms with E-state index in [1.807, 2.05) is 0 Å². The molecule has 0 radical (unpaired) electrons. The fourth-order valence-corrected chi connectivity index (χ4v) is 4.18. The number of benzene rings is 2. The van der Waals surface area contributed by atoms with Gasteiger partial charge in [0.15, 0.2) is 11.5 Å². The van der Waals surface area contributed by atoms with Gasteiger partial charge in [-0.05, 0) is 36.8 Å². The fraction of sp³-hybridized carbons (Fsp3) is 0.250. The van der Waals surface area contributed by atoms with E-state index in [1.165, 1.54) is 18.2 Å². The maximum atomic E-state index is 13.6. The Morgan fingerprint density at radius 1 is 1.15 bits per heavy atom. The number of alkyl halides is 2. The molecule has 0 unspecified atom stereocenters. The number of carbonyl (C=O) groups is 1. The number of halogens is 2. The molecule has 0 fully saturated rings. The molecule has 1 amide bonds. The molecule has 0 aliphatic carbocycles. The van der Waals surface area contributed by atoms with E-state index in [0.717, 1.165) is 0 Å². The van der Waals surface area contributed by atoms with Crippen LogP contribution in [0.4, 0.5) is 8.78 Å². The molecular formula is C24H21F2N3O5. The van der Waals surface area contributed by atoms with Gasteiger partial charge in [-0.1, -0.05) is 30.3 Å². The molecule has 8 nitrogen and oxygen atoms in total. The van der Waals surface area contributed by atoms with Crippen molar-refractivity contribution in [2.45, 2.75) is 24.2 Å². The lowest BCUT2D eigenvalue weighted by molar-refractivity contribution is -0.286. The van der Waals surface area contributed by atoms with Crippen LogP contribution in [0.1, 0.15) is 23.7 Å². The summed E-state index contributed by atoms with van der Waals surface area (Å²) in [7, 11) is 0. The Morgan fingerprint density at radius 3 is 2.53 bits per heavy atom. The number of aliphatic hydroxyl groups is 1. The molecule has 2 atom stereocenters. The largest absolute Gasteiger partial charge is 0.586 e. The molecule has 176 valence electrons. The lowest BCUT2D eigenvalue weighted by Gasteiger charge is -2.28. The van der Waals surface area contributed by atoms with Gasteiger partial charge in [0.25, 0.3) is 0 Å². The molecule has 3 heterocycles. The number of hydrogen-bond donors (Lipinski definition) is 3. The summed E-state index contributed by atoms with van der Waals surface area (Å²) < 4.78 is 42.0. The van der Waals surface area contributed by atoms with Crippen molar-refractivity contribution >= 4 is 5.91 Å². The van der Waals surface area contributed by atoms with Gasteiger partial charge in [-0.2, -0.15) is 0 Å². The minimum atomic E-state index is -3.79. The van der Waals surface area contributed by atoms with Gasteiger partial charge in [0.2, 0.25) is 5.91 Å². The molecule has 2 aromatic carbocycles. The van der Waals surface area contributed by atoms with Crippen LogP contribution in [0.5, 0.6) is 17.2 Å². The lowest BCUT2D eigenvalue weighted by atomic mass is 9.81. The van der Waals surface area contributed by atoms with Crippen LogP contribution >= 0.6 is 0 Å². The van der Waals surface area contributed by atoms with Crippen molar-refractivity contribution in [3.63, 3.8) is 0 Å². The third kappa shape index (κ3) is 3.25. The molecule has 1 aromatic heterocycles. The number of nitrogens with zero attached hydrogens (tertiary/aromatic N) is 1. The van der Waals surface area contributed by atoms with Gasteiger partial charge in [-0.25, -0.2) is 4.98 Å². The number of hydrogen-bond acceptors (Lipinski definition) is 7. The van der Waals surface area contributed by atoms with Crippen LogP contribution in [0.2, 0.25) is 0 Å². The summed E-state index contributed by atoms with van der Waals surface area (Å²) in [5.41, 5.74) is 10.4. The van der Waals surface area contributed by atoms with E-state index < -0.39 is 23.2 Å². The molecule has 5 rings (SSSR count). The highest BCUT2D eigenvalue weighted by Crippen LogP contribution is 2.48. The van der Waals surface area contributed by atoms with E-state index in [1.54, 1.807) is 43.3 Å². The number of primary amides is 1. The Balaban J connectivity index is 1.74. The summed E-state index contributed by atoms with van der Waals surface area (Å²) in [5, 5.41) is 11.6. The SMILES string of the molecule is C[C@]1(C(N)=O)COc2c1cc([C@@](O)(CN)c1ccccc1)nc2-c1ccc2c(c1)OC(F)(F)O2. The Kier molecular flexibility index (Phi) is 4.78. The normalized spacial score (nSPS) is 21.4. The maximum Gasteiger partial charge on any atom is 0.586 e. The van der Waals surface area contributed by atoms with E-state index in [4.69, 9.17) is 16.2 Å². The minimum Gasteiger partial charge on any atom is -0.489 e. The van der Waals surface area contributed by atoms with Crippen LogP contribution in [0, 0.1) is 0 Å². The molecule has 0 saturated carbocycles. The highest BCUT2D eigenvalue weighted by Gasteiger charge is 2.47. The first kappa shape index (κ1) is 22.1. The second-order valence-electron chi connectivity index (χ2n) is 8.48. The number of aromatic nitrogens is 1. The molecule has 0 bridgehead atoms. The minimum absolute atomic E-state index is 0.0508. The van der Waals surface area contributed by atoms with Gasteiger partial charge in [-0.3, -0.25) is 4.79 Å². The van der Waals surface area contributed by atoms with Gasteiger partial charge in [0, 0.05) is 17.7 Å². The predicted molar refractivity (Wildman–Crippen MR) is 116 cm³/mol. The average molecular weight is 469 g/mol.